The molecule has 0 aliphatic rings. The Kier molecular flexibility index (Phi) is 4.50. The molecule has 0 aliphatic carbocycles. The van der Waals surface area contributed by atoms with Crippen molar-refractivity contribution >= 4 is 27.5 Å². The normalized spacial score (nSPS) is 11.2. The van der Waals surface area contributed by atoms with E-state index >= 15 is 0 Å². The molecule has 0 unspecified atom stereocenters. The number of carbonyl (C=O) groups excluding carboxylic acids is 1. The first kappa shape index (κ1) is 13.2. The second-order valence-corrected chi connectivity index (χ2v) is 5.03. The Morgan fingerprint density at radius 2 is 1.88 bits per heavy atom. The van der Waals surface area contributed by atoms with E-state index in [9.17, 15) is 4.79 Å². The zero-order chi connectivity index (χ0) is 12.2. The molecule has 4 heteroatoms. The molecule has 0 aliphatic heterocycles. The summed E-state index contributed by atoms with van der Waals surface area (Å²) in [5, 5.41) is 6.00. The van der Waals surface area contributed by atoms with Gasteiger partial charge in [0.15, 0.2) is 0 Å². The van der Waals surface area contributed by atoms with E-state index in [1.807, 2.05) is 45.0 Å². The maximum absolute atomic E-state index is 11.9. The van der Waals surface area contributed by atoms with Crippen LogP contribution in [0.1, 0.15) is 20.8 Å². The summed E-state index contributed by atoms with van der Waals surface area (Å²) >= 11 is 3.35. The fraction of sp³-hybridized carbons (Fsp3) is 0.417. The molecule has 0 bridgehead atoms. The van der Waals surface area contributed by atoms with Crippen molar-refractivity contribution in [3.8, 4) is 0 Å². The van der Waals surface area contributed by atoms with Gasteiger partial charge in [0, 0.05) is 10.2 Å². The highest BCUT2D eigenvalue weighted by molar-refractivity contribution is 9.10. The summed E-state index contributed by atoms with van der Waals surface area (Å²) in [4.78, 5) is 11.9. The average molecular weight is 285 g/mol. The van der Waals surface area contributed by atoms with Gasteiger partial charge in [0.1, 0.15) is 0 Å². The number of rotatable bonds is 4. The number of likely N-dealkylation sites (N-methyl/N-ethyl adjacent to an activating group) is 1. The third kappa shape index (κ3) is 3.61. The Hall–Kier alpha value is -0.870. The molecule has 2 N–H and O–H groups in total. The summed E-state index contributed by atoms with van der Waals surface area (Å²) < 4.78 is 0.997. The van der Waals surface area contributed by atoms with Gasteiger partial charge in [-0.2, -0.15) is 0 Å². The van der Waals surface area contributed by atoms with E-state index in [1.54, 1.807) is 0 Å². The Bertz CT molecular complexity index is 360. The summed E-state index contributed by atoms with van der Waals surface area (Å²) in [6, 6.07) is 7.53. The molecular formula is C12H17BrN2O. The first-order valence-electron chi connectivity index (χ1n) is 5.28. The summed E-state index contributed by atoms with van der Waals surface area (Å²) in [6.07, 6.45) is 0. The lowest BCUT2D eigenvalue weighted by Gasteiger charge is -2.24. The van der Waals surface area contributed by atoms with Gasteiger partial charge in [0.05, 0.1) is 5.54 Å². The number of benzene rings is 1. The van der Waals surface area contributed by atoms with Gasteiger partial charge in [-0.05, 0) is 44.7 Å². The predicted molar refractivity (Wildman–Crippen MR) is 70.5 cm³/mol. The minimum Gasteiger partial charge on any atom is -0.325 e. The number of hydrogen-bond donors (Lipinski definition) is 2. The van der Waals surface area contributed by atoms with Gasteiger partial charge >= 0.3 is 0 Å². The number of hydrogen-bond acceptors (Lipinski definition) is 2. The smallest absolute Gasteiger partial charge is 0.244 e. The highest BCUT2D eigenvalue weighted by Crippen LogP contribution is 2.15. The average Bonchev–Trinajstić information content (AvgIpc) is 2.21. The largest absolute Gasteiger partial charge is 0.325 e. The van der Waals surface area contributed by atoms with Gasteiger partial charge < -0.3 is 10.6 Å². The third-order valence-corrected chi connectivity index (χ3v) is 2.82. The van der Waals surface area contributed by atoms with E-state index < -0.39 is 5.54 Å². The van der Waals surface area contributed by atoms with E-state index in [0.717, 1.165) is 16.7 Å². The van der Waals surface area contributed by atoms with E-state index in [-0.39, 0.29) is 5.91 Å². The molecule has 0 fully saturated rings. The van der Waals surface area contributed by atoms with Crippen LogP contribution < -0.4 is 10.6 Å². The van der Waals surface area contributed by atoms with Crippen LogP contribution in [0.5, 0.6) is 0 Å². The van der Waals surface area contributed by atoms with Gasteiger partial charge in [-0.25, -0.2) is 0 Å². The zero-order valence-corrected chi connectivity index (χ0v) is 11.4. The minimum atomic E-state index is -0.554. The maximum Gasteiger partial charge on any atom is 0.244 e. The number of anilines is 1. The number of carbonyl (C=O) groups is 1. The maximum atomic E-state index is 11.9. The number of halogens is 1. The molecule has 0 radical (unpaired) electrons. The van der Waals surface area contributed by atoms with Crippen molar-refractivity contribution in [2.24, 2.45) is 0 Å². The summed E-state index contributed by atoms with van der Waals surface area (Å²) in [6.45, 7) is 6.48. The van der Waals surface area contributed by atoms with Gasteiger partial charge in [-0.15, -0.1) is 0 Å². The molecule has 3 nitrogen and oxygen atoms in total. The van der Waals surface area contributed by atoms with Crippen LogP contribution in [0.25, 0.3) is 0 Å². The molecule has 0 saturated heterocycles. The second-order valence-electron chi connectivity index (χ2n) is 4.12. The Morgan fingerprint density at radius 1 is 1.31 bits per heavy atom. The molecule has 88 valence electrons. The minimum absolute atomic E-state index is 0.0309. The van der Waals surface area contributed by atoms with Crippen molar-refractivity contribution in [1.82, 2.24) is 5.32 Å². The van der Waals surface area contributed by atoms with E-state index in [1.165, 1.54) is 0 Å². The summed E-state index contributed by atoms with van der Waals surface area (Å²) in [5.41, 5.74) is 0.251. The summed E-state index contributed by atoms with van der Waals surface area (Å²) in [7, 11) is 0. The van der Waals surface area contributed by atoms with Crippen LogP contribution in [-0.2, 0) is 4.79 Å². The van der Waals surface area contributed by atoms with E-state index in [0.29, 0.717) is 0 Å². The topological polar surface area (TPSA) is 41.1 Å². The van der Waals surface area contributed by atoms with Crippen molar-refractivity contribution in [3.05, 3.63) is 28.7 Å². The van der Waals surface area contributed by atoms with Crippen molar-refractivity contribution < 1.29 is 4.79 Å². The highest BCUT2D eigenvalue weighted by atomic mass is 79.9. The zero-order valence-electron chi connectivity index (χ0n) is 9.80. The van der Waals surface area contributed by atoms with Gasteiger partial charge in [-0.3, -0.25) is 4.79 Å². The predicted octanol–water partition coefficient (Wildman–Crippen LogP) is 2.78. The molecule has 1 rings (SSSR count). The molecule has 0 heterocycles. The second kappa shape index (κ2) is 5.46. The molecule has 0 atom stereocenters. The Labute approximate surface area is 105 Å². The standard InChI is InChI=1S/C12H17BrN2O/c1-4-14-12(2,3)11(16)15-10-7-5-9(13)6-8-10/h5-8,14H,4H2,1-3H3,(H,15,16). The third-order valence-electron chi connectivity index (χ3n) is 2.29. The number of nitrogens with one attached hydrogen (secondary N) is 2. The summed E-state index contributed by atoms with van der Waals surface area (Å²) in [5.74, 6) is -0.0309. The Balaban J connectivity index is 2.67. The fourth-order valence-electron chi connectivity index (χ4n) is 1.34. The molecule has 1 amide bonds. The molecule has 1 aromatic rings. The van der Waals surface area contributed by atoms with Gasteiger partial charge in [-0.1, -0.05) is 22.9 Å². The van der Waals surface area contributed by atoms with Gasteiger partial charge in [0.2, 0.25) is 5.91 Å². The molecular weight excluding hydrogens is 268 g/mol. The lowest BCUT2D eigenvalue weighted by Crippen LogP contribution is -2.49. The number of amides is 1. The molecule has 0 saturated carbocycles. The van der Waals surface area contributed by atoms with Crippen LogP contribution in [0, 0.1) is 0 Å². The SMILES string of the molecule is CCNC(C)(C)C(=O)Nc1ccc(Br)cc1. The van der Waals surface area contributed by atoms with Gasteiger partial charge in [0.25, 0.3) is 0 Å². The van der Waals surface area contributed by atoms with E-state index in [4.69, 9.17) is 0 Å². The van der Waals surface area contributed by atoms with Crippen molar-refractivity contribution in [2.45, 2.75) is 26.3 Å². The van der Waals surface area contributed by atoms with Crippen molar-refractivity contribution in [1.29, 1.82) is 0 Å². The van der Waals surface area contributed by atoms with Crippen LogP contribution in [0.3, 0.4) is 0 Å². The van der Waals surface area contributed by atoms with Crippen LogP contribution in [0.2, 0.25) is 0 Å². The van der Waals surface area contributed by atoms with Crippen LogP contribution in [-0.4, -0.2) is 18.0 Å². The molecule has 0 aromatic heterocycles. The molecule has 0 spiro atoms. The molecule has 1 aromatic carbocycles. The van der Waals surface area contributed by atoms with Crippen LogP contribution >= 0.6 is 15.9 Å². The quantitative estimate of drug-likeness (QED) is 0.893. The first-order chi connectivity index (χ1) is 7.45. The van der Waals surface area contributed by atoms with Crippen LogP contribution in [0.15, 0.2) is 28.7 Å². The van der Waals surface area contributed by atoms with Crippen molar-refractivity contribution in [2.75, 3.05) is 11.9 Å². The van der Waals surface area contributed by atoms with Crippen molar-refractivity contribution in [3.63, 3.8) is 0 Å². The molecule has 16 heavy (non-hydrogen) atoms. The fourth-order valence-corrected chi connectivity index (χ4v) is 1.61. The highest BCUT2D eigenvalue weighted by Gasteiger charge is 2.25. The van der Waals surface area contributed by atoms with Crippen LogP contribution in [0.4, 0.5) is 5.69 Å². The monoisotopic (exact) mass is 284 g/mol. The lowest BCUT2D eigenvalue weighted by molar-refractivity contribution is -0.121. The Morgan fingerprint density at radius 3 is 2.38 bits per heavy atom. The lowest BCUT2D eigenvalue weighted by atomic mass is 10.0. The first-order valence-corrected chi connectivity index (χ1v) is 6.07. The van der Waals surface area contributed by atoms with E-state index in [2.05, 4.69) is 26.6 Å².